The Bertz CT molecular complexity index is 2180. The lowest BCUT2D eigenvalue weighted by atomic mass is 9.69. The number of phenols is 2. The molecule has 0 radical (unpaired) electrons. The fourth-order valence-electron chi connectivity index (χ4n) is 7.58. The van der Waals surface area contributed by atoms with Crippen molar-refractivity contribution in [3.63, 3.8) is 0 Å². The molecular formula is C39H42BrN3O7. The Labute approximate surface area is 299 Å². The fourth-order valence-corrected chi connectivity index (χ4v) is 7.95. The summed E-state index contributed by atoms with van der Waals surface area (Å²) in [7, 11) is 6.07. The summed E-state index contributed by atoms with van der Waals surface area (Å²) in [5.74, 6) is -0.0160. The zero-order chi connectivity index (χ0) is 35.9. The zero-order valence-electron chi connectivity index (χ0n) is 29.1. The van der Waals surface area contributed by atoms with Crippen molar-refractivity contribution in [3.05, 3.63) is 109 Å². The molecule has 1 fully saturated rings. The molecule has 11 heteroatoms. The fraction of sp³-hybridized carbons (Fsp3) is 0.359. The van der Waals surface area contributed by atoms with Gasteiger partial charge < -0.3 is 28.7 Å². The van der Waals surface area contributed by atoms with E-state index in [1.807, 2.05) is 27.0 Å². The first-order chi connectivity index (χ1) is 23.8. The van der Waals surface area contributed by atoms with Gasteiger partial charge in [0.1, 0.15) is 33.8 Å². The average molecular weight is 745 g/mol. The van der Waals surface area contributed by atoms with E-state index in [1.165, 1.54) is 40.4 Å². The van der Waals surface area contributed by atoms with Crippen LogP contribution in [0.5, 0.6) is 11.5 Å². The molecule has 262 valence electrons. The first-order valence-electron chi connectivity index (χ1n) is 16.5. The predicted molar refractivity (Wildman–Crippen MR) is 196 cm³/mol. The summed E-state index contributed by atoms with van der Waals surface area (Å²) in [5, 5.41) is 21.5. The van der Waals surface area contributed by atoms with Gasteiger partial charge in [-0.2, -0.15) is 0 Å². The van der Waals surface area contributed by atoms with E-state index in [-0.39, 0.29) is 45.8 Å². The molecule has 1 aliphatic heterocycles. The van der Waals surface area contributed by atoms with Crippen LogP contribution in [0.1, 0.15) is 53.1 Å². The SMILES string of the molecule is CC(C)=CCc1c(O)cc2oc(C)cc(=O)c2c1O.COC12CC(COC(=O)c3cncc(Br)c3)CN(C)C1Cc1cn(C)c3cccc2c13. The number of aryl methyl sites for hydroxylation is 2. The van der Waals surface area contributed by atoms with Gasteiger partial charge in [-0.1, -0.05) is 23.8 Å². The number of nitrogens with zero attached hydrogens (tertiary/aromatic N) is 3. The van der Waals surface area contributed by atoms with Crippen LogP contribution in [0.25, 0.3) is 21.9 Å². The number of benzene rings is 2. The molecule has 0 saturated carbocycles. The van der Waals surface area contributed by atoms with Crippen LogP contribution in [0.2, 0.25) is 0 Å². The highest BCUT2D eigenvalue weighted by molar-refractivity contribution is 9.10. The van der Waals surface area contributed by atoms with Gasteiger partial charge in [0.05, 0.1) is 12.2 Å². The van der Waals surface area contributed by atoms with Crippen molar-refractivity contribution in [2.75, 3.05) is 27.3 Å². The summed E-state index contributed by atoms with van der Waals surface area (Å²) in [5.41, 5.74) is 5.18. The van der Waals surface area contributed by atoms with E-state index >= 15 is 0 Å². The number of aromatic hydroxyl groups is 2. The van der Waals surface area contributed by atoms with Gasteiger partial charge in [0.15, 0.2) is 5.43 Å². The Morgan fingerprint density at radius 3 is 2.66 bits per heavy atom. The number of phenolic OH excluding ortho intramolecular Hbond substituents is 2. The lowest BCUT2D eigenvalue weighted by Crippen LogP contribution is -2.59. The summed E-state index contributed by atoms with van der Waals surface area (Å²) < 4.78 is 20.4. The molecular weight excluding hydrogens is 702 g/mol. The van der Waals surface area contributed by atoms with Crippen LogP contribution >= 0.6 is 15.9 Å². The number of esters is 1. The lowest BCUT2D eigenvalue weighted by molar-refractivity contribution is -0.131. The van der Waals surface area contributed by atoms with Crippen LogP contribution in [0.15, 0.2) is 80.3 Å². The largest absolute Gasteiger partial charge is 0.507 e. The topological polar surface area (TPSA) is 127 Å². The molecule has 3 unspecified atom stereocenters. The Morgan fingerprint density at radius 1 is 1.16 bits per heavy atom. The van der Waals surface area contributed by atoms with Crippen LogP contribution in [-0.4, -0.2) is 64.0 Å². The first-order valence-corrected chi connectivity index (χ1v) is 17.3. The van der Waals surface area contributed by atoms with Crippen LogP contribution in [0, 0.1) is 12.8 Å². The summed E-state index contributed by atoms with van der Waals surface area (Å²) in [4.78, 5) is 30.9. The number of piperidine rings is 1. The minimum Gasteiger partial charge on any atom is -0.507 e. The van der Waals surface area contributed by atoms with E-state index in [4.69, 9.17) is 13.9 Å². The third-order valence-corrected chi connectivity index (χ3v) is 10.3. The molecule has 4 heterocycles. The predicted octanol–water partition coefficient (Wildman–Crippen LogP) is 6.93. The number of allylic oxidation sites excluding steroid dienone is 2. The molecule has 7 rings (SSSR count). The molecule has 3 aromatic heterocycles. The van der Waals surface area contributed by atoms with Gasteiger partial charge in [-0.05, 0) is 86.3 Å². The Hall–Kier alpha value is -4.45. The maximum Gasteiger partial charge on any atom is 0.339 e. The second kappa shape index (κ2) is 14.0. The number of methoxy groups -OCH3 is 1. The average Bonchev–Trinajstić information content (AvgIpc) is 3.39. The summed E-state index contributed by atoms with van der Waals surface area (Å²) in [6.07, 6.45) is 9.44. The van der Waals surface area contributed by atoms with E-state index in [9.17, 15) is 19.8 Å². The van der Waals surface area contributed by atoms with Gasteiger partial charge in [-0.15, -0.1) is 0 Å². The van der Waals surface area contributed by atoms with Crippen LogP contribution in [0.3, 0.4) is 0 Å². The number of fused-ring (bicyclic) bond motifs is 3. The number of aromatic nitrogens is 2. The summed E-state index contributed by atoms with van der Waals surface area (Å²) in [6, 6.07) is 11.2. The van der Waals surface area contributed by atoms with Crippen LogP contribution in [0.4, 0.5) is 0 Å². The maximum atomic E-state index is 12.5. The van der Waals surface area contributed by atoms with Crippen molar-refractivity contribution in [2.45, 2.75) is 51.7 Å². The number of likely N-dealkylation sites (tertiary alicyclic amines) is 1. The molecule has 50 heavy (non-hydrogen) atoms. The van der Waals surface area contributed by atoms with Gasteiger partial charge in [0.2, 0.25) is 0 Å². The smallest absolute Gasteiger partial charge is 0.339 e. The van der Waals surface area contributed by atoms with Gasteiger partial charge in [0, 0.05) is 84.3 Å². The molecule has 1 aliphatic carbocycles. The highest BCUT2D eigenvalue weighted by Crippen LogP contribution is 2.49. The molecule has 1 saturated heterocycles. The van der Waals surface area contributed by atoms with Crippen molar-refractivity contribution >= 4 is 43.8 Å². The third kappa shape index (κ3) is 6.57. The molecule has 0 bridgehead atoms. The van der Waals surface area contributed by atoms with Crippen molar-refractivity contribution < 1.29 is 28.9 Å². The number of rotatable bonds is 6. The number of hydrogen-bond acceptors (Lipinski definition) is 9. The van der Waals surface area contributed by atoms with Crippen molar-refractivity contribution in [3.8, 4) is 11.5 Å². The first kappa shape index (κ1) is 35.4. The minimum atomic E-state index is -0.421. The highest BCUT2D eigenvalue weighted by Gasteiger charge is 2.52. The minimum absolute atomic E-state index is 0.0729. The number of carbonyl (C=O) groups is 1. The maximum absolute atomic E-state index is 12.5. The van der Waals surface area contributed by atoms with E-state index in [0.29, 0.717) is 29.9 Å². The molecule has 2 aromatic carbocycles. The molecule has 10 nitrogen and oxygen atoms in total. The molecule has 2 N–H and O–H groups in total. The number of hydrogen-bond donors (Lipinski definition) is 2. The van der Waals surface area contributed by atoms with Gasteiger partial charge in [-0.25, -0.2) is 4.79 Å². The monoisotopic (exact) mass is 743 g/mol. The van der Waals surface area contributed by atoms with Crippen LogP contribution in [-0.2, 0) is 35.0 Å². The van der Waals surface area contributed by atoms with Crippen molar-refractivity contribution in [1.82, 2.24) is 14.5 Å². The number of halogens is 1. The van der Waals surface area contributed by atoms with Gasteiger partial charge in [0.25, 0.3) is 0 Å². The Morgan fingerprint density at radius 2 is 1.94 bits per heavy atom. The van der Waals surface area contributed by atoms with Gasteiger partial charge in [-0.3, -0.25) is 14.7 Å². The number of carbonyl (C=O) groups excluding carboxylic acids is 1. The van der Waals surface area contributed by atoms with E-state index < -0.39 is 5.60 Å². The summed E-state index contributed by atoms with van der Waals surface area (Å²) >= 11 is 3.35. The normalized spacial score (nSPS) is 19.8. The second-order valence-electron chi connectivity index (χ2n) is 13.6. The van der Waals surface area contributed by atoms with Crippen molar-refractivity contribution in [2.24, 2.45) is 13.0 Å². The highest BCUT2D eigenvalue weighted by atomic mass is 79.9. The quantitative estimate of drug-likeness (QED) is 0.141. The molecule has 0 spiro atoms. The van der Waals surface area contributed by atoms with E-state index in [0.717, 1.165) is 29.4 Å². The van der Waals surface area contributed by atoms with Crippen molar-refractivity contribution in [1.29, 1.82) is 0 Å². The Kier molecular flexibility index (Phi) is 9.94. The van der Waals surface area contributed by atoms with Crippen LogP contribution < -0.4 is 5.43 Å². The standard InChI is InChI=1S/C24H26BrN3O3.C15H16O4/c1-27-13-17-8-21-24(30-3,19-5-4-6-20(27)22(17)19)9-15(12-28(21)2)14-31-23(29)16-7-18(25)11-26-10-16;1-8(2)4-5-10-11(16)7-13-14(15(10)18)12(17)6-9(3)19-13/h4-7,10-11,13,15,21H,8-9,12,14H2,1-3H3;4,6-7,16,18H,5H2,1-3H3. The number of pyridine rings is 1. The van der Waals surface area contributed by atoms with E-state index in [1.54, 1.807) is 19.2 Å². The summed E-state index contributed by atoms with van der Waals surface area (Å²) in [6.45, 7) is 6.70. The molecule has 2 aliphatic rings. The number of likely N-dealkylation sites (N-methyl/N-ethyl adjacent to an activating group) is 1. The Balaban J connectivity index is 0.000000195. The zero-order valence-corrected chi connectivity index (χ0v) is 30.7. The second-order valence-corrected chi connectivity index (χ2v) is 14.5. The lowest BCUT2D eigenvalue weighted by Gasteiger charge is -2.53. The number of ether oxygens (including phenoxy) is 2. The third-order valence-electron chi connectivity index (χ3n) is 9.84. The molecule has 0 amide bonds. The van der Waals surface area contributed by atoms with Gasteiger partial charge >= 0.3 is 5.97 Å². The molecule has 3 atom stereocenters. The van der Waals surface area contributed by atoms with E-state index in [2.05, 4.69) is 68.9 Å². The molecule has 5 aromatic rings.